The van der Waals surface area contributed by atoms with Gasteiger partial charge in [0.15, 0.2) is 0 Å². The van der Waals surface area contributed by atoms with Gasteiger partial charge in [-0.25, -0.2) is 0 Å². The summed E-state index contributed by atoms with van der Waals surface area (Å²) in [6.45, 7) is 6.10. The number of nitrogens with one attached hydrogen (secondary N) is 1. The molecular formula is C23H29NO2. The van der Waals surface area contributed by atoms with Crippen LogP contribution in [0.2, 0.25) is 0 Å². The van der Waals surface area contributed by atoms with Crippen molar-refractivity contribution >= 4 is 5.91 Å². The largest absolute Gasteiger partial charge is 0.491 e. The molecule has 1 aliphatic rings. The van der Waals surface area contributed by atoms with Gasteiger partial charge in [-0.05, 0) is 86.9 Å². The topological polar surface area (TPSA) is 38.3 Å². The lowest BCUT2D eigenvalue weighted by Crippen LogP contribution is -2.28. The van der Waals surface area contributed by atoms with Crippen LogP contribution in [0.1, 0.15) is 73.1 Å². The summed E-state index contributed by atoms with van der Waals surface area (Å²) in [5.74, 6) is 0.754. The maximum absolute atomic E-state index is 12.7. The van der Waals surface area contributed by atoms with Gasteiger partial charge >= 0.3 is 0 Å². The summed E-state index contributed by atoms with van der Waals surface area (Å²) in [6.07, 6.45) is 5.90. The molecule has 3 rings (SSSR count). The van der Waals surface area contributed by atoms with Crippen LogP contribution < -0.4 is 10.1 Å². The number of carbonyl (C=O) groups excluding carboxylic acids is 1. The van der Waals surface area contributed by atoms with Crippen LogP contribution in [0.15, 0.2) is 42.5 Å². The summed E-state index contributed by atoms with van der Waals surface area (Å²) in [5, 5.41) is 3.19. The molecule has 1 N–H and O–H groups in total. The third-order valence-corrected chi connectivity index (χ3v) is 4.98. The molecule has 0 fully saturated rings. The monoisotopic (exact) mass is 351 g/mol. The minimum atomic E-state index is -0.0364. The predicted molar refractivity (Wildman–Crippen MR) is 106 cm³/mol. The number of aryl methyl sites for hydroxylation is 2. The van der Waals surface area contributed by atoms with E-state index in [1.54, 1.807) is 0 Å². The maximum Gasteiger partial charge on any atom is 0.251 e. The second-order valence-electron chi connectivity index (χ2n) is 7.36. The van der Waals surface area contributed by atoms with Crippen LogP contribution in [0.4, 0.5) is 0 Å². The van der Waals surface area contributed by atoms with Gasteiger partial charge < -0.3 is 10.1 Å². The number of carbonyl (C=O) groups is 1. The van der Waals surface area contributed by atoms with Crippen molar-refractivity contribution < 1.29 is 9.53 Å². The number of benzene rings is 2. The van der Waals surface area contributed by atoms with E-state index in [-0.39, 0.29) is 18.1 Å². The first-order valence-electron chi connectivity index (χ1n) is 9.76. The fraction of sp³-hybridized carbons (Fsp3) is 0.435. The lowest BCUT2D eigenvalue weighted by atomic mass is 9.88. The van der Waals surface area contributed by atoms with Crippen molar-refractivity contribution in [2.24, 2.45) is 0 Å². The zero-order valence-electron chi connectivity index (χ0n) is 16.0. The van der Waals surface area contributed by atoms with Crippen LogP contribution in [0.25, 0.3) is 0 Å². The summed E-state index contributed by atoms with van der Waals surface area (Å²) in [6, 6.07) is 14.1. The van der Waals surface area contributed by atoms with E-state index >= 15 is 0 Å². The minimum absolute atomic E-state index is 0.0364. The highest BCUT2D eigenvalue weighted by molar-refractivity contribution is 5.94. The molecule has 0 heterocycles. The van der Waals surface area contributed by atoms with E-state index in [0.717, 1.165) is 18.6 Å². The van der Waals surface area contributed by atoms with Crippen molar-refractivity contribution in [2.45, 2.75) is 65.0 Å². The third kappa shape index (κ3) is 4.46. The van der Waals surface area contributed by atoms with Gasteiger partial charge in [-0.3, -0.25) is 4.79 Å². The van der Waals surface area contributed by atoms with Crippen LogP contribution in [-0.4, -0.2) is 12.0 Å². The van der Waals surface area contributed by atoms with Crippen molar-refractivity contribution in [2.75, 3.05) is 0 Å². The Hall–Kier alpha value is -2.29. The lowest BCUT2D eigenvalue weighted by Gasteiger charge is -2.22. The number of hydrogen-bond donors (Lipinski definition) is 1. The Kier molecular flexibility index (Phi) is 5.97. The molecule has 0 aromatic heterocycles. The first kappa shape index (κ1) is 18.5. The van der Waals surface area contributed by atoms with Gasteiger partial charge in [-0.15, -0.1) is 0 Å². The molecule has 0 saturated heterocycles. The van der Waals surface area contributed by atoms with Gasteiger partial charge in [0.05, 0.1) is 12.1 Å². The number of rotatable bonds is 6. The summed E-state index contributed by atoms with van der Waals surface area (Å²) < 4.78 is 5.64. The van der Waals surface area contributed by atoms with Gasteiger partial charge in [0, 0.05) is 5.56 Å². The molecule has 0 saturated carbocycles. The smallest absolute Gasteiger partial charge is 0.251 e. The standard InChI is InChI=1S/C23H29NO2/c1-4-22(20-10-9-17-7-5-6-8-19(17)15-20)24-23(25)18-11-13-21(14-12-18)26-16(2)3/h9-16,22H,4-8H2,1-3H3,(H,24,25). The van der Waals surface area contributed by atoms with Crippen molar-refractivity contribution in [3.8, 4) is 5.75 Å². The van der Waals surface area contributed by atoms with Crippen LogP contribution >= 0.6 is 0 Å². The molecule has 0 aliphatic heterocycles. The van der Waals surface area contributed by atoms with Gasteiger partial charge in [-0.2, -0.15) is 0 Å². The van der Waals surface area contributed by atoms with Crippen molar-refractivity contribution in [1.29, 1.82) is 0 Å². The molecule has 138 valence electrons. The molecule has 3 heteroatoms. The number of amides is 1. The van der Waals surface area contributed by atoms with Crippen LogP contribution in [-0.2, 0) is 12.8 Å². The molecule has 2 aromatic rings. The van der Waals surface area contributed by atoms with Gasteiger partial charge in [-0.1, -0.05) is 25.1 Å². The van der Waals surface area contributed by atoms with Crippen molar-refractivity contribution in [1.82, 2.24) is 5.32 Å². The number of hydrogen-bond acceptors (Lipinski definition) is 2. The van der Waals surface area contributed by atoms with Gasteiger partial charge in [0.1, 0.15) is 5.75 Å². The Balaban J connectivity index is 1.70. The Morgan fingerprint density at radius 3 is 2.38 bits per heavy atom. The highest BCUT2D eigenvalue weighted by atomic mass is 16.5. The van der Waals surface area contributed by atoms with Crippen molar-refractivity contribution in [3.63, 3.8) is 0 Å². The summed E-state index contributed by atoms with van der Waals surface area (Å²) in [5.41, 5.74) is 4.80. The number of fused-ring (bicyclic) bond motifs is 1. The minimum Gasteiger partial charge on any atom is -0.491 e. The molecule has 0 spiro atoms. The molecule has 1 aliphatic carbocycles. The van der Waals surface area contributed by atoms with Crippen LogP contribution in [0, 0.1) is 0 Å². The SMILES string of the molecule is CCC(NC(=O)c1ccc(OC(C)C)cc1)c1ccc2c(c1)CCCC2. The molecule has 1 unspecified atom stereocenters. The van der Waals surface area contributed by atoms with E-state index in [9.17, 15) is 4.79 Å². The Bertz CT molecular complexity index is 749. The first-order valence-corrected chi connectivity index (χ1v) is 9.76. The average Bonchev–Trinajstić information content (AvgIpc) is 2.65. The third-order valence-electron chi connectivity index (χ3n) is 4.98. The van der Waals surface area contributed by atoms with Crippen LogP contribution in [0.3, 0.4) is 0 Å². The van der Waals surface area contributed by atoms with E-state index in [2.05, 4.69) is 30.4 Å². The molecule has 3 nitrogen and oxygen atoms in total. The quantitative estimate of drug-likeness (QED) is 0.773. The molecule has 0 radical (unpaired) electrons. The summed E-state index contributed by atoms with van der Waals surface area (Å²) >= 11 is 0. The van der Waals surface area contributed by atoms with E-state index in [1.165, 1.54) is 36.0 Å². The highest BCUT2D eigenvalue weighted by Gasteiger charge is 2.17. The second-order valence-corrected chi connectivity index (χ2v) is 7.36. The van der Waals surface area contributed by atoms with E-state index in [4.69, 9.17) is 4.74 Å². The molecule has 1 atom stereocenters. The molecule has 0 bridgehead atoms. The zero-order valence-corrected chi connectivity index (χ0v) is 16.0. The van der Waals surface area contributed by atoms with Gasteiger partial charge in [0.25, 0.3) is 5.91 Å². The molecular weight excluding hydrogens is 322 g/mol. The van der Waals surface area contributed by atoms with Crippen LogP contribution in [0.5, 0.6) is 5.75 Å². The Labute approximate surface area is 156 Å². The van der Waals surface area contributed by atoms with E-state index in [0.29, 0.717) is 5.56 Å². The normalized spacial score (nSPS) is 14.6. The molecule has 2 aromatic carbocycles. The van der Waals surface area contributed by atoms with E-state index in [1.807, 2.05) is 38.1 Å². The number of ether oxygens (including phenoxy) is 1. The average molecular weight is 351 g/mol. The Morgan fingerprint density at radius 2 is 1.73 bits per heavy atom. The predicted octanol–water partition coefficient (Wildman–Crippen LogP) is 5.23. The fourth-order valence-corrected chi connectivity index (χ4v) is 3.59. The molecule has 1 amide bonds. The lowest BCUT2D eigenvalue weighted by molar-refractivity contribution is 0.0935. The van der Waals surface area contributed by atoms with Crippen molar-refractivity contribution in [3.05, 3.63) is 64.7 Å². The maximum atomic E-state index is 12.7. The summed E-state index contributed by atoms with van der Waals surface area (Å²) in [7, 11) is 0. The Morgan fingerprint density at radius 1 is 1.04 bits per heavy atom. The second kappa shape index (κ2) is 8.39. The highest BCUT2D eigenvalue weighted by Crippen LogP contribution is 2.26. The summed E-state index contributed by atoms with van der Waals surface area (Å²) in [4.78, 5) is 12.7. The molecule has 26 heavy (non-hydrogen) atoms. The first-order chi connectivity index (χ1) is 12.6. The van der Waals surface area contributed by atoms with E-state index < -0.39 is 0 Å². The fourth-order valence-electron chi connectivity index (χ4n) is 3.59. The van der Waals surface area contributed by atoms with Gasteiger partial charge in [0.2, 0.25) is 0 Å². The zero-order chi connectivity index (χ0) is 18.5.